The summed E-state index contributed by atoms with van der Waals surface area (Å²) in [4.78, 5) is 26.5. The lowest BCUT2D eigenvalue weighted by atomic mass is 10.0. The van der Waals surface area contributed by atoms with Crippen LogP contribution in [0, 0.1) is 0 Å². The summed E-state index contributed by atoms with van der Waals surface area (Å²) in [6, 6.07) is 8.30. The lowest BCUT2D eigenvalue weighted by molar-refractivity contribution is -0.164. The zero-order valence-corrected chi connectivity index (χ0v) is 48.4. The Morgan fingerprint density at radius 2 is 0.919 bits per heavy atom. The molecule has 0 bridgehead atoms. The van der Waals surface area contributed by atoms with E-state index in [9.17, 15) is 19.8 Å². The Bertz CT molecular complexity index is 1940. The molecule has 22 heteroatoms. The van der Waals surface area contributed by atoms with E-state index in [1.165, 1.54) is 42.7 Å². The van der Waals surface area contributed by atoms with Crippen molar-refractivity contribution < 1.29 is 95.6 Å². The second kappa shape index (κ2) is 30.7. The van der Waals surface area contributed by atoms with Crippen LogP contribution in [0.1, 0.15) is 59.5 Å². The fourth-order valence-electron chi connectivity index (χ4n) is 7.45. The van der Waals surface area contributed by atoms with Crippen LogP contribution in [-0.2, 0) is 56.8 Å². The number of benzene rings is 2. The topological polar surface area (TPSA) is 222 Å². The molecule has 0 aliphatic carbocycles. The van der Waals surface area contributed by atoms with Crippen LogP contribution in [0.2, 0.25) is 51.4 Å². The average Bonchev–Trinajstić information content (AvgIpc) is 3.84. The summed E-state index contributed by atoms with van der Waals surface area (Å²) in [5.74, 6) is -1.34. The van der Waals surface area contributed by atoms with Gasteiger partial charge in [-0.15, -0.1) is 0 Å². The van der Waals surface area contributed by atoms with Crippen LogP contribution in [0.3, 0.4) is 0 Å². The highest BCUT2D eigenvalue weighted by molar-refractivity contribution is 6.76. The number of aliphatic hydroxyl groups is 2. The van der Waals surface area contributed by atoms with E-state index in [4.69, 9.17) is 75.8 Å². The molecule has 0 spiro atoms. The van der Waals surface area contributed by atoms with E-state index in [1.807, 2.05) is 0 Å². The van der Waals surface area contributed by atoms with Crippen LogP contribution >= 0.6 is 0 Å². The monoisotopic (exact) mass is 1080 g/mol. The second-order valence-electron chi connectivity index (χ2n) is 20.6. The van der Waals surface area contributed by atoms with Crippen molar-refractivity contribution in [1.29, 1.82) is 0 Å². The summed E-state index contributed by atoms with van der Waals surface area (Å²) >= 11 is 0. The van der Waals surface area contributed by atoms with Gasteiger partial charge in [-0.2, -0.15) is 0 Å². The Balaban J connectivity index is 0.000000390. The van der Waals surface area contributed by atoms with Crippen molar-refractivity contribution in [2.45, 2.75) is 127 Å². The molecule has 2 aromatic rings. The van der Waals surface area contributed by atoms with Gasteiger partial charge in [0.05, 0.1) is 40.6 Å². The Hall–Kier alpha value is -3.99. The van der Waals surface area contributed by atoms with Crippen molar-refractivity contribution in [2.24, 2.45) is 0 Å². The van der Waals surface area contributed by atoms with Gasteiger partial charge in [0.15, 0.2) is 25.2 Å². The molecule has 2 aliphatic heterocycles. The number of carbonyl (C=O) groups is 2. The number of esters is 2. The van der Waals surface area contributed by atoms with E-state index in [1.54, 1.807) is 76.3 Å². The Labute approximate surface area is 439 Å². The molecule has 0 radical (unpaired) electrons. The number of ether oxygens (including phenoxy) is 16. The first-order valence-corrected chi connectivity index (χ1v) is 31.8. The van der Waals surface area contributed by atoms with E-state index < -0.39 is 76.3 Å². The lowest BCUT2D eigenvalue weighted by Gasteiger charge is -2.24. The summed E-state index contributed by atoms with van der Waals surface area (Å²) in [6.07, 6.45) is 3.09. The van der Waals surface area contributed by atoms with E-state index in [0.717, 1.165) is 12.1 Å². The maximum Gasteiger partial charge on any atom is 0.342 e. The summed E-state index contributed by atoms with van der Waals surface area (Å²) in [7, 11) is 6.25. The highest BCUT2D eigenvalue weighted by Crippen LogP contribution is 2.36. The molecule has 4 rings (SSSR count). The molecule has 0 amide bonds. The molecule has 420 valence electrons. The standard InChI is InChI=1S/2C26H42O10Si/c2*1-26(2)35-22(15-27)24(36-26)20(33-16-29-3)10-9-18-13-19(31-5)14-21(34-17-30-4)23(18)25(28)32-11-12-37(6,7)8/h2*9-10,13-14,20,22,24,27H,11-12,15-17H2,1-8H3/b2*10-9+. The van der Waals surface area contributed by atoms with Gasteiger partial charge in [-0.1, -0.05) is 63.6 Å². The van der Waals surface area contributed by atoms with Gasteiger partial charge in [-0.25, -0.2) is 9.59 Å². The third-order valence-electron chi connectivity index (χ3n) is 11.1. The maximum atomic E-state index is 13.3. The first kappa shape index (κ1) is 64.3. The number of methoxy groups -OCH3 is 6. The van der Waals surface area contributed by atoms with Gasteiger partial charge >= 0.3 is 11.9 Å². The zero-order chi connectivity index (χ0) is 55.3. The van der Waals surface area contributed by atoms with E-state index in [0.29, 0.717) is 35.8 Å². The van der Waals surface area contributed by atoms with Crippen LogP contribution < -0.4 is 18.9 Å². The molecule has 2 N–H and O–H groups in total. The van der Waals surface area contributed by atoms with Crippen LogP contribution in [0.5, 0.6) is 23.0 Å². The van der Waals surface area contributed by atoms with Crippen molar-refractivity contribution >= 4 is 40.2 Å². The highest BCUT2D eigenvalue weighted by Gasteiger charge is 2.46. The van der Waals surface area contributed by atoms with Gasteiger partial charge < -0.3 is 86.0 Å². The van der Waals surface area contributed by atoms with Gasteiger partial charge in [-0.3, -0.25) is 0 Å². The van der Waals surface area contributed by atoms with E-state index in [2.05, 4.69) is 39.3 Å². The first-order valence-electron chi connectivity index (χ1n) is 24.4. The number of carbonyl (C=O) groups excluding carboxylic acids is 2. The fraction of sp³-hybridized carbons (Fsp3) is 0.654. The summed E-state index contributed by atoms with van der Waals surface area (Å²) < 4.78 is 89.3. The van der Waals surface area contributed by atoms with Crippen LogP contribution in [0.25, 0.3) is 12.2 Å². The summed E-state index contributed by atoms with van der Waals surface area (Å²) in [5.41, 5.74) is 1.46. The summed E-state index contributed by atoms with van der Waals surface area (Å²) in [6.45, 7) is 20.3. The molecule has 2 fully saturated rings. The highest BCUT2D eigenvalue weighted by atomic mass is 28.3. The number of hydrogen-bond acceptors (Lipinski definition) is 20. The Morgan fingerprint density at radius 3 is 1.22 bits per heavy atom. The molecule has 6 unspecified atom stereocenters. The largest absolute Gasteiger partial charge is 0.497 e. The van der Waals surface area contributed by atoms with Gasteiger partial charge in [-0.05, 0) is 63.0 Å². The minimum Gasteiger partial charge on any atom is -0.497 e. The van der Waals surface area contributed by atoms with Crippen molar-refractivity contribution in [3.05, 3.63) is 58.7 Å². The smallest absolute Gasteiger partial charge is 0.342 e. The molecule has 74 heavy (non-hydrogen) atoms. The Kier molecular flexibility index (Phi) is 26.7. The summed E-state index contributed by atoms with van der Waals surface area (Å²) in [5, 5.41) is 19.7. The van der Waals surface area contributed by atoms with Crippen molar-refractivity contribution in [3.63, 3.8) is 0 Å². The number of aliphatic hydroxyl groups excluding tert-OH is 2. The van der Waals surface area contributed by atoms with Gasteiger partial charge in [0.25, 0.3) is 0 Å². The molecule has 0 saturated carbocycles. The predicted octanol–water partition coefficient (Wildman–Crippen LogP) is 7.38. The quantitative estimate of drug-likeness (QED) is 0.0443. The molecule has 2 aliphatic rings. The SMILES string of the molecule is COCOc1cc(OC)cc(/C=C/C(OCOC)C2OC(C)(C)OC2CO)c1C(=O)OCC[Si](C)(C)C.COCOc1cc(OC)cc(/C=C/C(OCOC)C2OC(C)(C)OC2CO)c1C(=O)OCC[Si](C)(C)C. The maximum absolute atomic E-state index is 13.3. The minimum absolute atomic E-state index is 0.0145. The first-order chi connectivity index (χ1) is 34.9. The van der Waals surface area contributed by atoms with Gasteiger partial charge in [0.1, 0.15) is 84.3 Å². The van der Waals surface area contributed by atoms with Crippen molar-refractivity contribution in [1.82, 2.24) is 0 Å². The molecule has 6 atom stereocenters. The van der Waals surface area contributed by atoms with Gasteiger partial charge in [0, 0.05) is 56.7 Å². The van der Waals surface area contributed by atoms with Gasteiger partial charge in [0.2, 0.25) is 0 Å². The van der Waals surface area contributed by atoms with Crippen LogP contribution in [0.4, 0.5) is 0 Å². The minimum atomic E-state index is -1.41. The number of hydrogen-bond donors (Lipinski definition) is 2. The molecule has 0 aromatic heterocycles. The fourth-order valence-corrected chi connectivity index (χ4v) is 8.88. The Morgan fingerprint density at radius 1 is 0.568 bits per heavy atom. The second-order valence-corrected chi connectivity index (χ2v) is 31.9. The normalized spacial score (nSPS) is 20.2. The van der Waals surface area contributed by atoms with Crippen LogP contribution in [-0.4, -0.2) is 183 Å². The van der Waals surface area contributed by atoms with Crippen LogP contribution in [0.15, 0.2) is 36.4 Å². The zero-order valence-electron chi connectivity index (χ0n) is 46.4. The number of rotatable bonds is 30. The molecule has 2 saturated heterocycles. The van der Waals surface area contributed by atoms with E-state index >= 15 is 0 Å². The molecule has 2 heterocycles. The third kappa shape index (κ3) is 21.2. The average molecular weight is 1090 g/mol. The van der Waals surface area contributed by atoms with Crippen molar-refractivity contribution in [3.8, 4) is 23.0 Å². The molecule has 2 aromatic carbocycles. The molecule has 20 nitrogen and oxygen atoms in total. The predicted molar refractivity (Wildman–Crippen MR) is 281 cm³/mol. The van der Waals surface area contributed by atoms with Crippen molar-refractivity contribution in [2.75, 3.05) is 96.3 Å². The van der Waals surface area contributed by atoms with E-state index in [-0.39, 0.29) is 63.0 Å². The third-order valence-corrected chi connectivity index (χ3v) is 14.5. The molecular formula is C52H84O20Si2. The molecular weight excluding hydrogens is 1000 g/mol. The lowest BCUT2D eigenvalue weighted by Crippen LogP contribution is -2.38.